The maximum absolute atomic E-state index is 12.9. The molecule has 0 atom stereocenters. The van der Waals surface area contributed by atoms with Crippen LogP contribution < -0.4 is 4.74 Å². The van der Waals surface area contributed by atoms with Crippen LogP contribution in [0.25, 0.3) is 0 Å². The molecule has 0 aliphatic rings. The third kappa shape index (κ3) is 3.99. The molecule has 2 aromatic rings. The van der Waals surface area contributed by atoms with Crippen molar-refractivity contribution in [2.45, 2.75) is 33.1 Å². The molecule has 0 aromatic heterocycles. The second kappa shape index (κ2) is 6.83. The fraction of sp³-hybridized carbons (Fsp3) is 0.238. The fourth-order valence-corrected chi connectivity index (χ4v) is 2.19. The minimum Gasteiger partial charge on any atom is -0.422 e. The van der Waals surface area contributed by atoms with Crippen molar-refractivity contribution in [2.75, 3.05) is 0 Å². The van der Waals surface area contributed by atoms with Gasteiger partial charge < -0.3 is 4.74 Å². The van der Waals surface area contributed by atoms with Gasteiger partial charge in [-0.2, -0.15) is 0 Å². The predicted molar refractivity (Wildman–Crippen MR) is 95.5 cm³/mol. The molecule has 24 heavy (non-hydrogen) atoms. The molecule has 0 heterocycles. The van der Waals surface area contributed by atoms with Gasteiger partial charge in [-0.05, 0) is 30.0 Å². The van der Waals surface area contributed by atoms with Crippen LogP contribution in [0.15, 0.2) is 60.7 Å². The summed E-state index contributed by atoms with van der Waals surface area (Å²) in [4.78, 5) is 24.8. The summed E-state index contributed by atoms with van der Waals surface area (Å²) in [5, 5.41) is 0. The molecule has 0 aliphatic carbocycles. The van der Waals surface area contributed by atoms with Crippen LogP contribution in [0.5, 0.6) is 5.75 Å². The van der Waals surface area contributed by atoms with E-state index >= 15 is 0 Å². The lowest BCUT2D eigenvalue weighted by atomic mass is 9.85. The zero-order valence-corrected chi connectivity index (χ0v) is 14.6. The smallest absolute Gasteiger partial charge is 0.338 e. The van der Waals surface area contributed by atoms with Gasteiger partial charge in [-0.15, -0.1) is 0 Å². The number of esters is 1. The van der Waals surface area contributed by atoms with E-state index in [0.717, 1.165) is 5.56 Å². The number of carbonyl (C=O) groups excluding carboxylic acids is 2. The maximum Gasteiger partial charge on any atom is 0.338 e. The minimum absolute atomic E-state index is 0.122. The standard InChI is InChI=1S/C21H22O3/c1-14(2)20(23)24-18-12-11-16(21(3,4)5)13-17(18)19(22)15-9-7-6-8-10-15/h6-13H,1H2,2-5H3. The number of hydrogen-bond donors (Lipinski definition) is 0. The molecule has 0 bridgehead atoms. The predicted octanol–water partition coefficient (Wildman–Crippen LogP) is 4.70. The highest BCUT2D eigenvalue weighted by Crippen LogP contribution is 2.30. The summed E-state index contributed by atoms with van der Waals surface area (Å²) in [6.45, 7) is 11.4. The van der Waals surface area contributed by atoms with Crippen LogP contribution in [0, 0.1) is 0 Å². The SMILES string of the molecule is C=C(C)C(=O)Oc1ccc(C(C)(C)C)cc1C(=O)c1ccccc1. The number of ketones is 1. The van der Waals surface area contributed by atoms with Gasteiger partial charge in [-0.1, -0.05) is 63.7 Å². The van der Waals surface area contributed by atoms with Crippen LogP contribution in [-0.2, 0) is 10.2 Å². The van der Waals surface area contributed by atoms with Crippen molar-refractivity contribution in [2.24, 2.45) is 0 Å². The van der Waals surface area contributed by atoms with E-state index in [1.807, 2.05) is 12.1 Å². The number of carbonyl (C=O) groups is 2. The van der Waals surface area contributed by atoms with Crippen molar-refractivity contribution in [1.29, 1.82) is 0 Å². The molecule has 0 spiro atoms. The Morgan fingerprint density at radius 1 is 1.00 bits per heavy atom. The van der Waals surface area contributed by atoms with Crippen molar-refractivity contribution in [3.8, 4) is 5.75 Å². The molecule has 124 valence electrons. The Hall–Kier alpha value is -2.68. The largest absolute Gasteiger partial charge is 0.422 e. The van der Waals surface area contributed by atoms with Crippen LogP contribution in [0.3, 0.4) is 0 Å². The van der Waals surface area contributed by atoms with Crippen LogP contribution in [0.2, 0.25) is 0 Å². The van der Waals surface area contributed by atoms with Gasteiger partial charge in [0.15, 0.2) is 5.78 Å². The van der Waals surface area contributed by atoms with E-state index < -0.39 is 5.97 Å². The molecular formula is C21H22O3. The molecular weight excluding hydrogens is 300 g/mol. The normalized spacial score (nSPS) is 11.0. The van der Waals surface area contributed by atoms with E-state index in [1.165, 1.54) is 0 Å². The average Bonchev–Trinajstić information content (AvgIpc) is 2.54. The Kier molecular flexibility index (Phi) is 5.03. The lowest BCUT2D eigenvalue weighted by Gasteiger charge is -2.21. The van der Waals surface area contributed by atoms with Crippen molar-refractivity contribution >= 4 is 11.8 Å². The molecule has 2 aromatic carbocycles. The Bertz CT molecular complexity index is 780. The summed E-state index contributed by atoms with van der Waals surface area (Å²) in [7, 11) is 0. The zero-order chi connectivity index (χ0) is 17.9. The van der Waals surface area contributed by atoms with Crippen LogP contribution in [0.4, 0.5) is 0 Å². The Labute approximate surface area is 143 Å². The zero-order valence-electron chi connectivity index (χ0n) is 14.6. The first-order chi connectivity index (χ1) is 11.2. The van der Waals surface area contributed by atoms with Gasteiger partial charge in [0.05, 0.1) is 5.56 Å². The highest BCUT2D eigenvalue weighted by atomic mass is 16.5. The van der Waals surface area contributed by atoms with Crippen LogP contribution >= 0.6 is 0 Å². The first kappa shape index (κ1) is 17.7. The van der Waals surface area contributed by atoms with Gasteiger partial charge >= 0.3 is 5.97 Å². The summed E-state index contributed by atoms with van der Waals surface area (Å²) in [5.74, 6) is -0.461. The van der Waals surface area contributed by atoms with E-state index in [9.17, 15) is 9.59 Å². The Morgan fingerprint density at radius 3 is 2.17 bits per heavy atom. The van der Waals surface area contributed by atoms with E-state index in [2.05, 4.69) is 27.4 Å². The minimum atomic E-state index is -0.541. The van der Waals surface area contributed by atoms with E-state index in [1.54, 1.807) is 43.3 Å². The molecule has 0 aliphatic heterocycles. The Morgan fingerprint density at radius 2 is 1.62 bits per heavy atom. The summed E-state index contributed by atoms with van der Waals surface area (Å²) in [6.07, 6.45) is 0. The van der Waals surface area contributed by atoms with Gasteiger partial charge in [-0.3, -0.25) is 4.79 Å². The average molecular weight is 322 g/mol. The Balaban J connectivity index is 2.53. The lowest BCUT2D eigenvalue weighted by molar-refractivity contribution is -0.130. The highest BCUT2D eigenvalue weighted by Gasteiger charge is 2.21. The number of hydrogen-bond acceptors (Lipinski definition) is 3. The number of ether oxygens (including phenoxy) is 1. The summed E-state index contributed by atoms with van der Waals surface area (Å²) < 4.78 is 5.36. The first-order valence-corrected chi connectivity index (χ1v) is 7.82. The second-order valence-corrected chi connectivity index (χ2v) is 6.83. The maximum atomic E-state index is 12.9. The summed E-state index contributed by atoms with van der Waals surface area (Å²) in [5.41, 5.74) is 2.09. The number of rotatable bonds is 4. The van der Waals surface area contributed by atoms with Crippen molar-refractivity contribution in [3.05, 3.63) is 77.4 Å². The molecule has 0 unspecified atom stereocenters. The van der Waals surface area contributed by atoms with Gasteiger partial charge in [0, 0.05) is 11.1 Å². The van der Waals surface area contributed by atoms with E-state index in [4.69, 9.17) is 4.74 Å². The molecule has 0 saturated carbocycles. The summed E-state index contributed by atoms with van der Waals surface area (Å²) >= 11 is 0. The quantitative estimate of drug-likeness (QED) is 0.355. The first-order valence-electron chi connectivity index (χ1n) is 7.82. The van der Waals surface area contributed by atoms with Crippen LogP contribution in [0.1, 0.15) is 49.2 Å². The second-order valence-electron chi connectivity index (χ2n) is 6.83. The number of benzene rings is 2. The van der Waals surface area contributed by atoms with Gasteiger partial charge in [0.1, 0.15) is 5.75 Å². The highest BCUT2D eigenvalue weighted by molar-refractivity contribution is 6.11. The van der Waals surface area contributed by atoms with Crippen LogP contribution in [-0.4, -0.2) is 11.8 Å². The van der Waals surface area contributed by atoms with Crippen molar-refractivity contribution < 1.29 is 14.3 Å². The fourth-order valence-electron chi connectivity index (χ4n) is 2.19. The lowest BCUT2D eigenvalue weighted by Crippen LogP contribution is -2.16. The molecule has 2 rings (SSSR count). The van der Waals surface area contributed by atoms with E-state index in [0.29, 0.717) is 11.1 Å². The summed E-state index contributed by atoms with van der Waals surface area (Å²) in [6, 6.07) is 14.3. The molecule has 0 N–H and O–H groups in total. The molecule has 3 heteroatoms. The van der Waals surface area contributed by atoms with Crippen molar-refractivity contribution in [1.82, 2.24) is 0 Å². The third-order valence-corrected chi connectivity index (χ3v) is 3.68. The molecule has 0 fully saturated rings. The topological polar surface area (TPSA) is 43.4 Å². The molecule has 3 nitrogen and oxygen atoms in total. The van der Waals surface area contributed by atoms with Crippen molar-refractivity contribution in [3.63, 3.8) is 0 Å². The van der Waals surface area contributed by atoms with E-state index in [-0.39, 0.29) is 22.5 Å². The van der Waals surface area contributed by atoms with Gasteiger partial charge in [0.2, 0.25) is 0 Å². The monoisotopic (exact) mass is 322 g/mol. The molecule has 0 saturated heterocycles. The molecule has 0 radical (unpaired) electrons. The van der Waals surface area contributed by atoms with Gasteiger partial charge in [0.25, 0.3) is 0 Å². The van der Waals surface area contributed by atoms with Gasteiger partial charge in [-0.25, -0.2) is 4.79 Å². The third-order valence-electron chi connectivity index (χ3n) is 3.68. The molecule has 0 amide bonds.